The molecule has 0 aromatic rings. The van der Waals surface area contributed by atoms with E-state index in [2.05, 4.69) is 27.7 Å². The summed E-state index contributed by atoms with van der Waals surface area (Å²) >= 11 is 0. The van der Waals surface area contributed by atoms with Crippen LogP contribution in [-0.4, -0.2) is 16.1 Å². The fraction of sp³-hybridized carbons (Fsp3) is 1.00. The number of hydrogen-bond acceptors (Lipinski definition) is 1. The van der Waals surface area contributed by atoms with Gasteiger partial charge in [0.05, 0.1) is 0 Å². The molecule has 0 aliphatic carbocycles. The van der Waals surface area contributed by atoms with Crippen molar-refractivity contribution < 1.29 is 5.21 Å². The molecule has 13 heavy (non-hydrogen) atoms. The summed E-state index contributed by atoms with van der Waals surface area (Å²) in [7, 11) is 0. The van der Waals surface area contributed by atoms with Crippen molar-refractivity contribution in [2.24, 2.45) is 0 Å². The molecule has 0 saturated carbocycles. The van der Waals surface area contributed by atoms with Gasteiger partial charge in [0.25, 0.3) is 0 Å². The van der Waals surface area contributed by atoms with E-state index in [-0.39, 0.29) is 11.1 Å². The third kappa shape index (κ3) is 1.75. The normalized spacial score (nSPS) is 27.5. The molecule has 0 N–H and O–H groups in total. The summed E-state index contributed by atoms with van der Waals surface area (Å²) < 4.78 is 0. The van der Waals surface area contributed by atoms with Gasteiger partial charge in [0.15, 0.2) is 0 Å². The van der Waals surface area contributed by atoms with Crippen LogP contribution in [-0.2, 0) is 5.21 Å². The van der Waals surface area contributed by atoms with Gasteiger partial charge in [-0.1, -0.05) is 13.8 Å². The van der Waals surface area contributed by atoms with Crippen LogP contribution in [0.2, 0.25) is 0 Å². The van der Waals surface area contributed by atoms with Gasteiger partial charge in [0.2, 0.25) is 0 Å². The van der Waals surface area contributed by atoms with Crippen molar-refractivity contribution in [1.29, 1.82) is 0 Å². The molecule has 0 unspecified atom stereocenters. The molecule has 2 heteroatoms. The Morgan fingerprint density at radius 3 is 2.08 bits per heavy atom. The molecule has 0 atom stereocenters. The van der Waals surface area contributed by atoms with Crippen molar-refractivity contribution >= 4 is 0 Å². The SMILES string of the molecule is CCC1(CC)CCCC(C)(C)N1[O]. The van der Waals surface area contributed by atoms with E-state index in [0.717, 1.165) is 25.7 Å². The Kier molecular flexibility index (Phi) is 3.03. The molecule has 77 valence electrons. The predicted octanol–water partition coefficient (Wildman–Crippen LogP) is 3.16. The zero-order valence-electron chi connectivity index (χ0n) is 9.39. The molecular formula is C11H22NO. The molecule has 1 fully saturated rings. The van der Waals surface area contributed by atoms with Gasteiger partial charge in [0, 0.05) is 11.1 Å². The molecule has 1 aliphatic heterocycles. The van der Waals surface area contributed by atoms with Gasteiger partial charge in [-0.05, 0) is 46.0 Å². The number of hydrogen-bond donors (Lipinski definition) is 0. The van der Waals surface area contributed by atoms with Crippen LogP contribution in [0.4, 0.5) is 0 Å². The lowest BCUT2D eigenvalue weighted by molar-refractivity contribution is -0.297. The zero-order chi connectivity index (χ0) is 10.1. The third-order valence-corrected chi connectivity index (χ3v) is 3.73. The molecule has 1 heterocycles. The Labute approximate surface area is 81.9 Å². The lowest BCUT2D eigenvalue weighted by atomic mass is 9.77. The minimum absolute atomic E-state index is 0.0677. The van der Waals surface area contributed by atoms with Crippen LogP contribution in [0.5, 0.6) is 0 Å². The fourth-order valence-electron chi connectivity index (χ4n) is 2.59. The average molecular weight is 184 g/mol. The maximum Gasteiger partial charge on any atom is 0.0494 e. The molecule has 1 rings (SSSR count). The lowest BCUT2D eigenvalue weighted by Crippen LogP contribution is -2.58. The van der Waals surface area contributed by atoms with Crippen molar-refractivity contribution in [2.75, 3.05) is 0 Å². The van der Waals surface area contributed by atoms with Gasteiger partial charge < -0.3 is 0 Å². The van der Waals surface area contributed by atoms with E-state index < -0.39 is 0 Å². The van der Waals surface area contributed by atoms with Crippen LogP contribution >= 0.6 is 0 Å². The smallest absolute Gasteiger partial charge is 0.0494 e. The van der Waals surface area contributed by atoms with E-state index >= 15 is 0 Å². The highest BCUT2D eigenvalue weighted by Gasteiger charge is 2.45. The van der Waals surface area contributed by atoms with Gasteiger partial charge in [-0.2, -0.15) is 0 Å². The topological polar surface area (TPSA) is 23.1 Å². The second-order valence-electron chi connectivity index (χ2n) is 4.89. The molecular weight excluding hydrogens is 162 g/mol. The maximum absolute atomic E-state index is 12.1. The van der Waals surface area contributed by atoms with Crippen LogP contribution in [0, 0.1) is 0 Å². The Hall–Kier alpha value is -0.0800. The summed E-state index contributed by atoms with van der Waals surface area (Å²) in [6, 6.07) is 0. The third-order valence-electron chi connectivity index (χ3n) is 3.73. The first kappa shape index (κ1) is 11.0. The van der Waals surface area contributed by atoms with Crippen molar-refractivity contribution in [2.45, 2.75) is 70.9 Å². The Morgan fingerprint density at radius 2 is 1.69 bits per heavy atom. The predicted molar refractivity (Wildman–Crippen MR) is 53.8 cm³/mol. The lowest BCUT2D eigenvalue weighted by Gasteiger charge is -2.49. The first-order valence-electron chi connectivity index (χ1n) is 5.46. The maximum atomic E-state index is 12.1. The summed E-state index contributed by atoms with van der Waals surface area (Å²) in [6.45, 7) is 8.41. The minimum atomic E-state index is -0.149. The second-order valence-corrected chi connectivity index (χ2v) is 4.89. The molecule has 0 spiro atoms. The first-order chi connectivity index (χ1) is 5.98. The van der Waals surface area contributed by atoms with E-state index in [1.807, 2.05) is 0 Å². The van der Waals surface area contributed by atoms with Crippen molar-refractivity contribution in [3.63, 3.8) is 0 Å². The molecule has 1 saturated heterocycles. The monoisotopic (exact) mass is 184 g/mol. The van der Waals surface area contributed by atoms with Gasteiger partial charge in [0.1, 0.15) is 0 Å². The van der Waals surface area contributed by atoms with Crippen molar-refractivity contribution in [1.82, 2.24) is 5.06 Å². The number of nitrogens with zero attached hydrogens (tertiary/aromatic N) is 1. The summed E-state index contributed by atoms with van der Waals surface area (Å²) in [4.78, 5) is 0. The van der Waals surface area contributed by atoms with Crippen LogP contribution in [0.15, 0.2) is 0 Å². The Bertz CT molecular complexity index is 173. The van der Waals surface area contributed by atoms with E-state index in [4.69, 9.17) is 0 Å². The van der Waals surface area contributed by atoms with E-state index in [1.165, 1.54) is 11.5 Å². The molecule has 0 aromatic heterocycles. The molecule has 1 radical (unpaired) electrons. The van der Waals surface area contributed by atoms with Gasteiger partial charge in [-0.3, -0.25) is 0 Å². The summed E-state index contributed by atoms with van der Waals surface area (Å²) in [5, 5.41) is 13.5. The second kappa shape index (κ2) is 3.58. The number of hydroxylamine groups is 2. The van der Waals surface area contributed by atoms with Crippen LogP contribution < -0.4 is 0 Å². The van der Waals surface area contributed by atoms with E-state index in [0.29, 0.717) is 0 Å². The Morgan fingerprint density at radius 1 is 1.15 bits per heavy atom. The highest BCUT2D eigenvalue weighted by atomic mass is 16.5. The highest BCUT2D eigenvalue weighted by molar-refractivity contribution is 4.96. The standard InChI is InChI=1S/C11H22NO/c1-5-11(6-2)9-7-8-10(3,4)12(11)13/h5-9H2,1-4H3. The summed E-state index contributed by atoms with van der Waals surface area (Å²) in [5.41, 5.74) is -0.216. The summed E-state index contributed by atoms with van der Waals surface area (Å²) in [6.07, 6.45) is 5.28. The highest BCUT2D eigenvalue weighted by Crippen LogP contribution is 2.40. The first-order valence-corrected chi connectivity index (χ1v) is 5.46. The Balaban J connectivity index is 2.85. The quantitative estimate of drug-likeness (QED) is 0.646. The van der Waals surface area contributed by atoms with Gasteiger partial charge >= 0.3 is 0 Å². The van der Waals surface area contributed by atoms with Crippen LogP contribution in [0.1, 0.15) is 59.8 Å². The largest absolute Gasteiger partial charge is 0.143 e. The summed E-state index contributed by atoms with van der Waals surface area (Å²) in [5.74, 6) is 0. The molecule has 2 nitrogen and oxygen atoms in total. The zero-order valence-corrected chi connectivity index (χ0v) is 9.39. The van der Waals surface area contributed by atoms with Crippen LogP contribution in [0.25, 0.3) is 0 Å². The number of piperidine rings is 1. The van der Waals surface area contributed by atoms with E-state index in [9.17, 15) is 5.21 Å². The average Bonchev–Trinajstić information content (AvgIpc) is 2.10. The van der Waals surface area contributed by atoms with Crippen molar-refractivity contribution in [3.05, 3.63) is 0 Å². The van der Waals surface area contributed by atoms with Crippen molar-refractivity contribution in [3.8, 4) is 0 Å². The minimum Gasteiger partial charge on any atom is -0.143 e. The molecule has 0 amide bonds. The molecule has 1 aliphatic rings. The fourth-order valence-corrected chi connectivity index (χ4v) is 2.59. The molecule has 0 bridgehead atoms. The van der Waals surface area contributed by atoms with Gasteiger partial charge in [-0.15, -0.1) is 10.3 Å². The molecule has 0 aromatic carbocycles. The van der Waals surface area contributed by atoms with Crippen LogP contribution in [0.3, 0.4) is 0 Å². The number of rotatable bonds is 2. The van der Waals surface area contributed by atoms with Gasteiger partial charge in [-0.25, -0.2) is 0 Å². The van der Waals surface area contributed by atoms with E-state index in [1.54, 1.807) is 0 Å².